The quantitative estimate of drug-likeness (QED) is 0.724. The smallest absolute Gasteiger partial charge is 0.168 e. The molecule has 0 aliphatic rings. The molecule has 0 aliphatic carbocycles. The van der Waals surface area contributed by atoms with Gasteiger partial charge in [0.2, 0.25) is 0 Å². The van der Waals surface area contributed by atoms with Crippen LogP contribution < -0.4 is 0 Å². The molecule has 0 fully saturated rings. The molecule has 80 valence electrons. The summed E-state index contributed by atoms with van der Waals surface area (Å²) in [6.45, 7) is 1.84. The lowest BCUT2D eigenvalue weighted by Crippen LogP contribution is -1.95. The third-order valence-electron chi connectivity index (χ3n) is 2.24. The summed E-state index contributed by atoms with van der Waals surface area (Å²) in [5, 5.41) is 0. The van der Waals surface area contributed by atoms with Gasteiger partial charge in [-0.1, -0.05) is 6.07 Å². The maximum Gasteiger partial charge on any atom is 0.168 e. The van der Waals surface area contributed by atoms with Gasteiger partial charge in [0.05, 0.1) is 0 Å². The van der Waals surface area contributed by atoms with Gasteiger partial charge in [-0.25, -0.2) is 14.4 Å². The summed E-state index contributed by atoms with van der Waals surface area (Å²) in [5.41, 5.74) is 1.75. The number of nitrogens with zero attached hydrogens (tertiary/aromatic N) is 2. The molecule has 2 aromatic rings. The van der Waals surface area contributed by atoms with Gasteiger partial charge in [0, 0.05) is 11.8 Å². The van der Waals surface area contributed by atoms with E-state index in [1.54, 1.807) is 6.07 Å². The topological polar surface area (TPSA) is 42.9 Å². The summed E-state index contributed by atoms with van der Waals surface area (Å²) in [6.07, 6.45) is 2.12. The molecule has 0 amide bonds. The Labute approximate surface area is 92.0 Å². The van der Waals surface area contributed by atoms with Crippen LogP contribution in [0.25, 0.3) is 11.4 Å². The Morgan fingerprint density at radius 1 is 1.31 bits per heavy atom. The van der Waals surface area contributed by atoms with Crippen molar-refractivity contribution < 1.29 is 9.18 Å². The fraction of sp³-hybridized carbons (Fsp3) is 0.0833. The largest absolute Gasteiger partial charge is 0.296 e. The second-order valence-corrected chi connectivity index (χ2v) is 3.38. The Bertz CT molecular complexity index is 540. The highest BCUT2D eigenvalue weighted by Gasteiger charge is 2.06. The van der Waals surface area contributed by atoms with Crippen molar-refractivity contribution in [3.05, 3.63) is 47.5 Å². The lowest BCUT2D eigenvalue weighted by Gasteiger charge is -2.04. The van der Waals surface area contributed by atoms with E-state index < -0.39 is 0 Å². The van der Waals surface area contributed by atoms with E-state index in [0.717, 1.165) is 5.56 Å². The van der Waals surface area contributed by atoms with Gasteiger partial charge in [-0.2, -0.15) is 0 Å². The summed E-state index contributed by atoms with van der Waals surface area (Å²) >= 11 is 0. The first kappa shape index (κ1) is 10.4. The average Bonchev–Trinajstić information content (AvgIpc) is 2.32. The van der Waals surface area contributed by atoms with Gasteiger partial charge in [0.15, 0.2) is 12.1 Å². The normalized spacial score (nSPS) is 10.1. The number of rotatable bonds is 2. The average molecular weight is 216 g/mol. The first-order valence-electron chi connectivity index (χ1n) is 4.75. The van der Waals surface area contributed by atoms with Crippen LogP contribution in [0.5, 0.6) is 0 Å². The molecule has 0 bridgehead atoms. The van der Waals surface area contributed by atoms with Crippen LogP contribution in [-0.2, 0) is 0 Å². The monoisotopic (exact) mass is 216 g/mol. The first-order chi connectivity index (χ1) is 7.70. The highest BCUT2D eigenvalue weighted by Crippen LogP contribution is 2.20. The Hall–Kier alpha value is -2.10. The summed E-state index contributed by atoms with van der Waals surface area (Å²) < 4.78 is 13.1. The fourth-order valence-electron chi connectivity index (χ4n) is 1.40. The van der Waals surface area contributed by atoms with E-state index in [4.69, 9.17) is 0 Å². The van der Waals surface area contributed by atoms with Gasteiger partial charge < -0.3 is 0 Å². The minimum atomic E-state index is -0.347. The van der Waals surface area contributed by atoms with Gasteiger partial charge in [0.25, 0.3) is 0 Å². The highest BCUT2D eigenvalue weighted by molar-refractivity contribution is 5.73. The molecule has 4 heteroatoms. The third-order valence-corrected chi connectivity index (χ3v) is 2.24. The zero-order valence-electron chi connectivity index (χ0n) is 8.64. The van der Waals surface area contributed by atoms with Crippen LogP contribution in [0.2, 0.25) is 0 Å². The molecule has 0 unspecified atom stereocenters. The maximum atomic E-state index is 13.1. The molecule has 0 saturated carbocycles. The fourth-order valence-corrected chi connectivity index (χ4v) is 1.40. The van der Waals surface area contributed by atoms with Crippen molar-refractivity contribution in [2.45, 2.75) is 6.92 Å². The predicted octanol–water partition coefficient (Wildman–Crippen LogP) is 2.40. The van der Waals surface area contributed by atoms with E-state index in [1.165, 1.54) is 24.4 Å². The second-order valence-electron chi connectivity index (χ2n) is 3.38. The van der Waals surface area contributed by atoms with E-state index in [9.17, 15) is 9.18 Å². The molecule has 0 atom stereocenters. The van der Waals surface area contributed by atoms with Crippen LogP contribution in [0.3, 0.4) is 0 Å². The van der Waals surface area contributed by atoms with E-state index in [-0.39, 0.29) is 11.5 Å². The summed E-state index contributed by atoms with van der Waals surface area (Å²) in [5.74, 6) is 0.0160. The van der Waals surface area contributed by atoms with Gasteiger partial charge in [-0.3, -0.25) is 4.79 Å². The standard InChI is InChI=1S/C12H9FN2O/c1-8-2-3-9(13)6-11(8)12-14-5-4-10(7-16)15-12/h2-7H,1H3. The van der Waals surface area contributed by atoms with Crippen molar-refractivity contribution in [3.8, 4) is 11.4 Å². The van der Waals surface area contributed by atoms with Gasteiger partial charge in [0.1, 0.15) is 11.5 Å². The Balaban J connectivity index is 2.57. The van der Waals surface area contributed by atoms with E-state index >= 15 is 0 Å². The molecule has 2 rings (SSSR count). The number of halogens is 1. The van der Waals surface area contributed by atoms with Gasteiger partial charge in [-0.05, 0) is 30.7 Å². The van der Waals surface area contributed by atoms with Crippen LogP contribution in [0, 0.1) is 12.7 Å². The molecule has 3 nitrogen and oxygen atoms in total. The minimum absolute atomic E-state index is 0.286. The zero-order valence-corrected chi connectivity index (χ0v) is 8.64. The molecule has 0 spiro atoms. The highest BCUT2D eigenvalue weighted by atomic mass is 19.1. The summed E-state index contributed by atoms with van der Waals surface area (Å²) in [6, 6.07) is 5.90. The molecule has 0 saturated heterocycles. The number of carbonyl (C=O) groups excluding carboxylic acids is 1. The minimum Gasteiger partial charge on any atom is -0.296 e. The molecule has 0 radical (unpaired) electrons. The van der Waals surface area contributed by atoms with Crippen LogP contribution >= 0.6 is 0 Å². The molecule has 1 aromatic heterocycles. The van der Waals surface area contributed by atoms with Gasteiger partial charge in [-0.15, -0.1) is 0 Å². The molecule has 0 aliphatic heterocycles. The SMILES string of the molecule is Cc1ccc(F)cc1-c1nccc(C=O)n1. The van der Waals surface area contributed by atoms with Crippen LogP contribution in [-0.4, -0.2) is 16.3 Å². The number of carbonyl (C=O) groups is 1. The Morgan fingerprint density at radius 3 is 2.88 bits per heavy atom. The Kier molecular flexibility index (Phi) is 2.72. The van der Waals surface area contributed by atoms with Crippen LogP contribution in [0.15, 0.2) is 30.5 Å². The van der Waals surface area contributed by atoms with Crippen molar-refractivity contribution >= 4 is 6.29 Å². The first-order valence-corrected chi connectivity index (χ1v) is 4.75. The molecule has 1 aromatic carbocycles. The summed E-state index contributed by atoms with van der Waals surface area (Å²) in [7, 11) is 0. The lowest BCUT2D eigenvalue weighted by molar-refractivity contribution is 0.111. The lowest BCUT2D eigenvalue weighted by atomic mass is 10.1. The number of hydrogen-bond donors (Lipinski definition) is 0. The molecule has 16 heavy (non-hydrogen) atoms. The van der Waals surface area contributed by atoms with Crippen LogP contribution in [0.4, 0.5) is 4.39 Å². The molecule has 0 N–H and O–H groups in total. The van der Waals surface area contributed by atoms with Crippen molar-refractivity contribution in [2.24, 2.45) is 0 Å². The number of aldehydes is 1. The van der Waals surface area contributed by atoms with E-state index in [0.29, 0.717) is 17.7 Å². The molecular formula is C12H9FN2O. The molecular weight excluding hydrogens is 207 g/mol. The predicted molar refractivity (Wildman–Crippen MR) is 57.6 cm³/mol. The third kappa shape index (κ3) is 1.95. The number of aromatic nitrogens is 2. The number of benzene rings is 1. The maximum absolute atomic E-state index is 13.1. The van der Waals surface area contributed by atoms with Crippen LogP contribution in [0.1, 0.15) is 16.1 Å². The van der Waals surface area contributed by atoms with Gasteiger partial charge >= 0.3 is 0 Å². The summed E-state index contributed by atoms with van der Waals surface area (Å²) in [4.78, 5) is 18.6. The van der Waals surface area contributed by atoms with Crippen molar-refractivity contribution in [2.75, 3.05) is 0 Å². The molecule has 1 heterocycles. The van der Waals surface area contributed by atoms with E-state index in [2.05, 4.69) is 9.97 Å². The second kappa shape index (κ2) is 4.18. The Morgan fingerprint density at radius 2 is 2.12 bits per heavy atom. The van der Waals surface area contributed by atoms with Crippen molar-refractivity contribution in [1.82, 2.24) is 9.97 Å². The number of hydrogen-bond acceptors (Lipinski definition) is 3. The zero-order chi connectivity index (χ0) is 11.5. The van der Waals surface area contributed by atoms with Crippen molar-refractivity contribution in [3.63, 3.8) is 0 Å². The van der Waals surface area contributed by atoms with Crippen molar-refractivity contribution in [1.29, 1.82) is 0 Å². The number of aryl methyl sites for hydroxylation is 1. The van der Waals surface area contributed by atoms with E-state index in [1.807, 2.05) is 6.92 Å².